The van der Waals surface area contributed by atoms with Crippen LogP contribution in [0.1, 0.15) is 38.1 Å². The quantitative estimate of drug-likeness (QED) is 0.414. The number of ketones is 1. The molecule has 0 aliphatic carbocycles. The number of benzene rings is 2. The molecule has 0 bridgehead atoms. The van der Waals surface area contributed by atoms with E-state index < -0.39 is 33.1 Å². The van der Waals surface area contributed by atoms with E-state index in [1.165, 1.54) is 37.4 Å². The van der Waals surface area contributed by atoms with Crippen molar-refractivity contribution in [3.63, 3.8) is 0 Å². The molecule has 2 aromatic carbocycles. The van der Waals surface area contributed by atoms with E-state index in [0.717, 1.165) is 4.73 Å². The second-order valence-corrected chi connectivity index (χ2v) is 10.5. The molecule has 0 atom stereocenters. The topological polar surface area (TPSA) is 128 Å². The predicted octanol–water partition coefficient (Wildman–Crippen LogP) is 3.90. The van der Waals surface area contributed by atoms with Crippen LogP contribution in [0.2, 0.25) is 0 Å². The molecule has 0 aliphatic rings. The Kier molecular flexibility index (Phi) is 5.56. The highest BCUT2D eigenvalue weighted by Gasteiger charge is 2.29. The molecular formula is C24H23N3O6S. The van der Waals surface area contributed by atoms with Crippen molar-refractivity contribution in [2.24, 2.45) is 5.41 Å². The molecule has 2 aromatic heterocycles. The molecule has 0 amide bonds. The number of aromatic nitrogens is 2. The van der Waals surface area contributed by atoms with Gasteiger partial charge in [-0.25, -0.2) is 13.2 Å². The van der Waals surface area contributed by atoms with Crippen LogP contribution < -0.4 is 9.56 Å². The summed E-state index contributed by atoms with van der Waals surface area (Å²) in [5.41, 5.74) is -0.320. The summed E-state index contributed by atoms with van der Waals surface area (Å²) < 4.78 is 29.7. The minimum absolute atomic E-state index is 0.00693. The van der Waals surface area contributed by atoms with Gasteiger partial charge in [0.05, 0.1) is 27.7 Å². The maximum atomic E-state index is 13.2. The van der Waals surface area contributed by atoms with Crippen molar-refractivity contribution in [1.82, 2.24) is 9.71 Å². The lowest BCUT2D eigenvalue weighted by molar-refractivity contribution is -0.153. The third-order valence-corrected chi connectivity index (χ3v) is 6.59. The summed E-state index contributed by atoms with van der Waals surface area (Å²) in [6.07, 6.45) is 1.51. The van der Waals surface area contributed by atoms with Gasteiger partial charge in [0.15, 0.2) is 5.78 Å². The first-order valence-electron chi connectivity index (χ1n) is 10.4. The van der Waals surface area contributed by atoms with Crippen LogP contribution in [0.3, 0.4) is 0 Å². The maximum absolute atomic E-state index is 13.2. The Bertz CT molecular complexity index is 1560. The van der Waals surface area contributed by atoms with E-state index in [2.05, 4.69) is 9.71 Å². The average molecular weight is 482 g/mol. The summed E-state index contributed by atoms with van der Waals surface area (Å²) in [4.78, 5) is 34.2. The van der Waals surface area contributed by atoms with Crippen molar-refractivity contribution < 1.29 is 28.0 Å². The highest BCUT2D eigenvalue weighted by molar-refractivity contribution is 7.93. The number of nitrogens with one attached hydrogen (secondary N) is 1. The lowest BCUT2D eigenvalue weighted by Gasteiger charge is -2.17. The van der Waals surface area contributed by atoms with Crippen LogP contribution in [-0.4, -0.2) is 35.0 Å². The van der Waals surface area contributed by atoms with Gasteiger partial charge < -0.3 is 9.94 Å². The molecule has 0 saturated carbocycles. The number of carbonyl (C=O) groups excluding carboxylic acids is 2. The van der Waals surface area contributed by atoms with Gasteiger partial charge in [0.2, 0.25) is 5.88 Å². The van der Waals surface area contributed by atoms with E-state index in [1.807, 2.05) is 0 Å². The molecule has 0 fully saturated rings. The maximum Gasteiger partial charge on any atom is 0.338 e. The van der Waals surface area contributed by atoms with Crippen LogP contribution in [0.25, 0.3) is 21.8 Å². The van der Waals surface area contributed by atoms with Crippen molar-refractivity contribution in [3.05, 3.63) is 60.3 Å². The first kappa shape index (κ1) is 23.2. The smallest absolute Gasteiger partial charge is 0.338 e. The fourth-order valence-corrected chi connectivity index (χ4v) is 4.70. The number of pyridine rings is 1. The van der Waals surface area contributed by atoms with Gasteiger partial charge in [0.25, 0.3) is 10.0 Å². The van der Waals surface area contributed by atoms with Gasteiger partial charge >= 0.3 is 5.97 Å². The number of aromatic hydroxyl groups is 1. The van der Waals surface area contributed by atoms with Gasteiger partial charge in [-0.1, -0.05) is 18.2 Å². The van der Waals surface area contributed by atoms with Gasteiger partial charge in [0, 0.05) is 17.0 Å². The lowest BCUT2D eigenvalue weighted by atomic mass is 9.98. The van der Waals surface area contributed by atoms with Crippen molar-refractivity contribution in [3.8, 4) is 5.88 Å². The largest absolute Gasteiger partial charge is 0.492 e. The normalized spacial score (nSPS) is 12.1. The molecule has 0 radical (unpaired) electrons. The minimum atomic E-state index is -4.05. The molecule has 2 N–H and O–H groups in total. The van der Waals surface area contributed by atoms with Crippen molar-refractivity contribution in [2.45, 2.75) is 32.6 Å². The van der Waals surface area contributed by atoms with Crippen LogP contribution in [0, 0.1) is 5.41 Å². The fraction of sp³-hybridized carbons (Fsp3) is 0.208. The standard InChI is InChI=1S/C24H23N3O6S/c1-14(28)20-17-11-10-16(13-18(17)27(22(20)29)33-23(30)24(2,3)4)26-34(31,32)19-9-5-7-15-8-6-12-25-21(15)19/h5-13,26,29H,1-4H3. The summed E-state index contributed by atoms with van der Waals surface area (Å²) >= 11 is 0. The monoisotopic (exact) mass is 481 g/mol. The van der Waals surface area contributed by atoms with Crippen LogP contribution in [-0.2, 0) is 14.8 Å². The van der Waals surface area contributed by atoms with E-state index in [9.17, 15) is 23.1 Å². The molecule has 4 rings (SSSR count). The molecule has 0 aliphatic heterocycles. The summed E-state index contributed by atoms with van der Waals surface area (Å²) in [6.45, 7) is 6.19. The third kappa shape index (κ3) is 4.08. The van der Waals surface area contributed by atoms with E-state index >= 15 is 0 Å². The molecule has 0 saturated heterocycles. The Morgan fingerprint density at radius 2 is 1.79 bits per heavy atom. The summed E-state index contributed by atoms with van der Waals surface area (Å²) in [5, 5.41) is 11.6. The van der Waals surface area contributed by atoms with Crippen molar-refractivity contribution in [1.29, 1.82) is 0 Å². The molecule has 2 heterocycles. The SMILES string of the molecule is CC(=O)c1c(O)n(OC(=O)C(C)(C)C)c2cc(NS(=O)(=O)c3cccc4cccnc34)ccc12. The highest BCUT2D eigenvalue weighted by atomic mass is 32.2. The molecule has 176 valence electrons. The lowest BCUT2D eigenvalue weighted by Crippen LogP contribution is -2.31. The third-order valence-electron chi connectivity index (χ3n) is 5.18. The molecule has 34 heavy (non-hydrogen) atoms. The van der Waals surface area contributed by atoms with Gasteiger partial charge in [-0.3, -0.25) is 14.5 Å². The first-order chi connectivity index (χ1) is 15.9. The molecule has 9 nitrogen and oxygen atoms in total. The van der Waals surface area contributed by atoms with E-state index in [1.54, 1.807) is 45.0 Å². The number of nitrogens with zero attached hydrogens (tertiary/aromatic N) is 2. The zero-order chi connectivity index (χ0) is 24.8. The number of para-hydroxylation sites is 1. The first-order valence-corrected chi connectivity index (χ1v) is 11.9. The Balaban J connectivity index is 1.82. The molecule has 10 heteroatoms. The predicted molar refractivity (Wildman–Crippen MR) is 127 cm³/mol. The summed E-state index contributed by atoms with van der Waals surface area (Å²) in [5.74, 6) is -1.64. The minimum Gasteiger partial charge on any atom is -0.492 e. The van der Waals surface area contributed by atoms with Crippen LogP contribution in [0.4, 0.5) is 5.69 Å². The highest BCUT2D eigenvalue weighted by Crippen LogP contribution is 2.34. The van der Waals surface area contributed by atoms with Crippen LogP contribution >= 0.6 is 0 Å². The fourth-order valence-electron chi connectivity index (χ4n) is 3.47. The molecule has 4 aromatic rings. The second-order valence-electron chi connectivity index (χ2n) is 8.85. The molecule has 0 spiro atoms. The van der Waals surface area contributed by atoms with Gasteiger partial charge in [-0.05, 0) is 58.0 Å². The van der Waals surface area contributed by atoms with Crippen molar-refractivity contribution in [2.75, 3.05) is 4.72 Å². The zero-order valence-electron chi connectivity index (χ0n) is 19.0. The van der Waals surface area contributed by atoms with Gasteiger partial charge in [0.1, 0.15) is 4.90 Å². The number of hydrogen-bond donors (Lipinski definition) is 2. The second kappa shape index (κ2) is 8.14. The Morgan fingerprint density at radius 1 is 1.09 bits per heavy atom. The number of rotatable bonds is 5. The Labute approximate surface area is 196 Å². The Hall–Kier alpha value is -3.92. The number of fused-ring (bicyclic) bond motifs is 2. The zero-order valence-corrected chi connectivity index (χ0v) is 19.8. The number of carbonyl (C=O) groups is 2. The van der Waals surface area contributed by atoms with Gasteiger partial charge in [-0.15, -0.1) is 4.73 Å². The van der Waals surface area contributed by atoms with Gasteiger partial charge in [-0.2, -0.15) is 0 Å². The number of Topliss-reactive ketones (excluding diaryl/α,β-unsaturated/α-hetero) is 1. The average Bonchev–Trinajstić information content (AvgIpc) is 3.03. The van der Waals surface area contributed by atoms with E-state index in [0.29, 0.717) is 16.3 Å². The van der Waals surface area contributed by atoms with Crippen LogP contribution in [0.15, 0.2) is 59.6 Å². The number of anilines is 1. The molecular weight excluding hydrogens is 458 g/mol. The summed E-state index contributed by atoms with van der Waals surface area (Å²) in [7, 11) is -4.05. The van der Waals surface area contributed by atoms with Crippen molar-refractivity contribution >= 4 is 49.3 Å². The van der Waals surface area contributed by atoms with Crippen LogP contribution in [0.5, 0.6) is 5.88 Å². The van der Waals surface area contributed by atoms with E-state index in [-0.39, 0.29) is 21.7 Å². The Morgan fingerprint density at radius 3 is 2.47 bits per heavy atom. The summed E-state index contributed by atoms with van der Waals surface area (Å²) in [6, 6.07) is 12.6. The van der Waals surface area contributed by atoms with E-state index in [4.69, 9.17) is 4.84 Å². The number of hydrogen-bond acceptors (Lipinski definition) is 7. The number of sulfonamides is 1. The molecule has 0 unspecified atom stereocenters.